The molecule has 2 unspecified atom stereocenters. The number of hydrogen-bond acceptors (Lipinski definition) is 2. The summed E-state index contributed by atoms with van der Waals surface area (Å²) >= 11 is 9.41. The normalized spacial score (nSPS) is 23.7. The lowest BCUT2D eigenvalue weighted by Gasteiger charge is -2.27. The van der Waals surface area contributed by atoms with Crippen LogP contribution >= 0.6 is 27.5 Å². The Labute approximate surface area is 120 Å². The molecule has 0 saturated carbocycles. The first-order chi connectivity index (χ1) is 8.56. The molecule has 1 aliphatic heterocycles. The van der Waals surface area contributed by atoms with E-state index in [0.717, 1.165) is 23.9 Å². The van der Waals surface area contributed by atoms with Crippen molar-refractivity contribution in [3.05, 3.63) is 27.7 Å². The third-order valence-electron chi connectivity index (χ3n) is 3.17. The van der Waals surface area contributed by atoms with Gasteiger partial charge in [-0.2, -0.15) is 0 Å². The van der Waals surface area contributed by atoms with Crippen molar-refractivity contribution in [3.8, 4) is 0 Å². The molecule has 2 rings (SSSR count). The first kappa shape index (κ1) is 13.8. The van der Waals surface area contributed by atoms with Gasteiger partial charge in [-0.05, 0) is 43.5 Å². The summed E-state index contributed by atoms with van der Waals surface area (Å²) in [6.07, 6.45) is 2.00. The molecule has 1 heterocycles. The van der Waals surface area contributed by atoms with Gasteiger partial charge in [-0.25, -0.2) is 0 Å². The smallest absolute Gasteiger partial charge is 0.241 e. The molecule has 18 heavy (non-hydrogen) atoms. The Morgan fingerprint density at radius 1 is 1.56 bits per heavy atom. The number of halogens is 2. The molecule has 98 valence electrons. The van der Waals surface area contributed by atoms with Crippen molar-refractivity contribution in [2.45, 2.75) is 25.8 Å². The van der Waals surface area contributed by atoms with Crippen LogP contribution in [0.15, 0.2) is 22.7 Å². The number of nitrogens with one attached hydrogen (secondary N) is 2. The summed E-state index contributed by atoms with van der Waals surface area (Å²) in [5.41, 5.74) is 0.657. The van der Waals surface area contributed by atoms with Gasteiger partial charge in [-0.15, -0.1) is 0 Å². The molecular weight excluding hydrogens is 316 g/mol. The van der Waals surface area contributed by atoms with Crippen molar-refractivity contribution in [2.75, 3.05) is 11.9 Å². The Morgan fingerprint density at radius 2 is 2.33 bits per heavy atom. The van der Waals surface area contributed by atoms with E-state index in [9.17, 15) is 4.79 Å². The Hall–Kier alpha value is -0.580. The molecule has 1 fully saturated rings. The fourth-order valence-electron chi connectivity index (χ4n) is 2.12. The second-order valence-corrected chi connectivity index (χ2v) is 6.07. The summed E-state index contributed by atoms with van der Waals surface area (Å²) in [5, 5.41) is 6.65. The molecule has 1 aromatic rings. The van der Waals surface area contributed by atoms with Crippen molar-refractivity contribution >= 4 is 39.1 Å². The van der Waals surface area contributed by atoms with Crippen molar-refractivity contribution in [1.82, 2.24) is 5.32 Å². The minimum Gasteiger partial charge on any atom is -0.323 e. The van der Waals surface area contributed by atoms with E-state index in [2.05, 4.69) is 33.5 Å². The summed E-state index contributed by atoms with van der Waals surface area (Å²) in [7, 11) is 0. The molecule has 1 amide bonds. The van der Waals surface area contributed by atoms with Crippen LogP contribution in [-0.4, -0.2) is 18.5 Å². The molecule has 1 aromatic carbocycles. The maximum absolute atomic E-state index is 12.1. The number of benzene rings is 1. The van der Waals surface area contributed by atoms with Crippen LogP contribution in [0.1, 0.15) is 19.8 Å². The zero-order chi connectivity index (χ0) is 13.1. The zero-order valence-corrected chi connectivity index (χ0v) is 12.5. The number of piperidine rings is 1. The molecule has 0 spiro atoms. The van der Waals surface area contributed by atoms with E-state index in [1.807, 2.05) is 6.07 Å². The molecule has 3 nitrogen and oxygen atoms in total. The number of amides is 1. The molecule has 1 aliphatic rings. The molecule has 2 N–H and O–H groups in total. The number of rotatable bonds is 2. The number of carbonyl (C=O) groups is 1. The highest BCUT2D eigenvalue weighted by Gasteiger charge is 2.24. The fraction of sp³-hybridized carbons (Fsp3) is 0.462. The van der Waals surface area contributed by atoms with E-state index in [-0.39, 0.29) is 11.9 Å². The third-order valence-corrected chi connectivity index (χ3v) is 3.98. The Morgan fingerprint density at radius 3 is 3.00 bits per heavy atom. The van der Waals surface area contributed by atoms with Crippen molar-refractivity contribution in [2.24, 2.45) is 5.92 Å². The average molecular weight is 332 g/mol. The molecule has 0 aromatic heterocycles. The maximum atomic E-state index is 12.1. The quantitative estimate of drug-likeness (QED) is 0.872. The fourth-order valence-corrected chi connectivity index (χ4v) is 2.84. The summed E-state index contributed by atoms with van der Waals surface area (Å²) in [4.78, 5) is 12.1. The van der Waals surface area contributed by atoms with Gasteiger partial charge < -0.3 is 10.6 Å². The summed E-state index contributed by atoms with van der Waals surface area (Å²) in [6, 6.07) is 5.32. The first-order valence-electron chi connectivity index (χ1n) is 6.05. The lowest BCUT2D eigenvalue weighted by molar-refractivity contribution is -0.119. The largest absolute Gasteiger partial charge is 0.323 e. The summed E-state index contributed by atoms with van der Waals surface area (Å²) in [5.74, 6) is 0.577. The minimum absolute atomic E-state index is 0.00854. The van der Waals surface area contributed by atoms with Crippen molar-refractivity contribution < 1.29 is 4.79 Å². The monoisotopic (exact) mass is 330 g/mol. The summed E-state index contributed by atoms with van der Waals surface area (Å²) < 4.78 is 0.898. The van der Waals surface area contributed by atoms with Crippen LogP contribution < -0.4 is 10.6 Å². The highest BCUT2D eigenvalue weighted by Crippen LogP contribution is 2.26. The minimum atomic E-state index is -0.117. The Kier molecular flexibility index (Phi) is 4.65. The van der Waals surface area contributed by atoms with E-state index >= 15 is 0 Å². The number of hydrogen-bond donors (Lipinski definition) is 2. The van der Waals surface area contributed by atoms with Crippen LogP contribution in [0.5, 0.6) is 0 Å². The number of anilines is 1. The Bertz CT molecular complexity index is 453. The van der Waals surface area contributed by atoms with Gasteiger partial charge in [-0.3, -0.25) is 4.79 Å². The second kappa shape index (κ2) is 6.04. The van der Waals surface area contributed by atoms with Gasteiger partial charge in [-0.1, -0.05) is 34.5 Å². The van der Waals surface area contributed by atoms with E-state index in [0.29, 0.717) is 16.6 Å². The molecule has 2 atom stereocenters. The van der Waals surface area contributed by atoms with E-state index < -0.39 is 0 Å². The van der Waals surface area contributed by atoms with Gasteiger partial charge in [0.2, 0.25) is 5.91 Å². The lowest BCUT2D eigenvalue weighted by Crippen LogP contribution is -2.45. The predicted octanol–water partition coefficient (Wildman–Crippen LogP) is 3.43. The lowest BCUT2D eigenvalue weighted by atomic mass is 9.94. The van der Waals surface area contributed by atoms with E-state index in [1.54, 1.807) is 12.1 Å². The zero-order valence-electron chi connectivity index (χ0n) is 10.2. The first-order valence-corrected chi connectivity index (χ1v) is 7.22. The van der Waals surface area contributed by atoms with Crippen LogP contribution in [0.3, 0.4) is 0 Å². The van der Waals surface area contributed by atoms with Crippen LogP contribution in [0, 0.1) is 5.92 Å². The van der Waals surface area contributed by atoms with Gasteiger partial charge in [0.25, 0.3) is 0 Å². The highest BCUT2D eigenvalue weighted by molar-refractivity contribution is 9.10. The molecule has 0 bridgehead atoms. The van der Waals surface area contributed by atoms with E-state index in [4.69, 9.17) is 11.6 Å². The molecule has 1 saturated heterocycles. The third kappa shape index (κ3) is 3.46. The molecule has 0 aliphatic carbocycles. The second-order valence-electron chi connectivity index (χ2n) is 4.75. The van der Waals surface area contributed by atoms with Gasteiger partial charge in [0.05, 0.1) is 16.8 Å². The van der Waals surface area contributed by atoms with Crippen LogP contribution in [0.25, 0.3) is 0 Å². The topological polar surface area (TPSA) is 41.1 Å². The predicted molar refractivity (Wildman–Crippen MR) is 78.0 cm³/mol. The Balaban J connectivity index is 2.02. The van der Waals surface area contributed by atoms with Crippen LogP contribution in [0.4, 0.5) is 5.69 Å². The number of carbonyl (C=O) groups excluding carboxylic acids is 1. The van der Waals surface area contributed by atoms with Gasteiger partial charge in [0.1, 0.15) is 0 Å². The van der Waals surface area contributed by atoms with Crippen LogP contribution in [0.2, 0.25) is 5.02 Å². The SMILES string of the molecule is CC1CCNC(C(=O)Nc2ccc(Br)cc2Cl)C1. The van der Waals surface area contributed by atoms with Crippen molar-refractivity contribution in [1.29, 1.82) is 0 Å². The van der Waals surface area contributed by atoms with Crippen LogP contribution in [-0.2, 0) is 4.79 Å². The van der Waals surface area contributed by atoms with Crippen molar-refractivity contribution in [3.63, 3.8) is 0 Å². The summed E-state index contributed by atoms with van der Waals surface area (Å²) in [6.45, 7) is 3.07. The maximum Gasteiger partial charge on any atom is 0.241 e. The van der Waals surface area contributed by atoms with Gasteiger partial charge in [0.15, 0.2) is 0 Å². The molecular formula is C13H16BrClN2O. The molecule has 5 heteroatoms. The van der Waals surface area contributed by atoms with E-state index in [1.165, 1.54) is 0 Å². The standard InChI is InChI=1S/C13H16BrClN2O/c1-8-4-5-16-12(6-8)13(18)17-11-3-2-9(14)7-10(11)15/h2-3,7-8,12,16H,4-6H2,1H3,(H,17,18). The molecule has 0 radical (unpaired) electrons. The van der Waals surface area contributed by atoms with Gasteiger partial charge in [0, 0.05) is 4.47 Å². The highest BCUT2D eigenvalue weighted by atomic mass is 79.9. The van der Waals surface area contributed by atoms with Gasteiger partial charge >= 0.3 is 0 Å². The average Bonchev–Trinajstić information content (AvgIpc) is 2.32.